The Morgan fingerprint density at radius 2 is 1.82 bits per heavy atom. The monoisotopic (exact) mass is 317 g/mol. The van der Waals surface area contributed by atoms with Crippen molar-refractivity contribution in [2.75, 3.05) is 18.5 Å². The van der Waals surface area contributed by atoms with Crippen molar-refractivity contribution in [2.45, 2.75) is 30.8 Å². The van der Waals surface area contributed by atoms with Crippen molar-refractivity contribution in [3.63, 3.8) is 0 Å². The van der Waals surface area contributed by atoms with Crippen molar-refractivity contribution in [3.05, 3.63) is 41.7 Å². The fraction of sp³-hybridized carbons (Fsp3) is 0.312. The number of carbonyl (C=O) groups excluding carboxylic acids is 1. The lowest BCUT2D eigenvalue weighted by Crippen LogP contribution is -2.18. The first kappa shape index (κ1) is 16.5. The van der Waals surface area contributed by atoms with Gasteiger partial charge < -0.3 is 10.1 Å². The van der Waals surface area contributed by atoms with Crippen LogP contribution in [0.4, 0.5) is 5.69 Å². The van der Waals surface area contributed by atoms with Crippen LogP contribution in [0.3, 0.4) is 0 Å². The minimum absolute atomic E-state index is 0.0728. The quantitative estimate of drug-likeness (QED) is 0.829. The van der Waals surface area contributed by atoms with Crippen molar-refractivity contribution >= 4 is 23.4 Å². The molecule has 2 rings (SSSR count). The minimum atomic E-state index is -0.153. The topological polar surface area (TPSA) is 64.1 Å². The number of aryl methyl sites for hydroxylation is 2. The zero-order valence-electron chi connectivity index (χ0n) is 12.9. The van der Waals surface area contributed by atoms with Crippen molar-refractivity contribution in [3.8, 4) is 0 Å². The van der Waals surface area contributed by atoms with Gasteiger partial charge in [-0.25, -0.2) is 9.97 Å². The first-order valence-electron chi connectivity index (χ1n) is 7.04. The second-order valence-corrected chi connectivity index (χ2v) is 5.79. The van der Waals surface area contributed by atoms with Gasteiger partial charge in [-0.3, -0.25) is 4.79 Å². The van der Waals surface area contributed by atoms with Crippen LogP contribution in [0, 0.1) is 13.8 Å². The fourth-order valence-electron chi connectivity index (χ4n) is 1.84. The molecule has 0 unspecified atom stereocenters. The molecule has 1 aromatic carbocycles. The molecule has 0 spiro atoms. The molecule has 0 aliphatic heterocycles. The number of anilines is 1. The number of hydrogen-bond acceptors (Lipinski definition) is 5. The van der Waals surface area contributed by atoms with E-state index in [0.29, 0.717) is 6.61 Å². The summed E-state index contributed by atoms with van der Waals surface area (Å²) < 4.78 is 5.06. The van der Waals surface area contributed by atoms with Crippen LogP contribution in [0.25, 0.3) is 0 Å². The third-order valence-corrected chi connectivity index (χ3v) is 3.62. The Morgan fingerprint density at radius 1 is 1.18 bits per heavy atom. The van der Waals surface area contributed by atoms with E-state index in [0.717, 1.165) is 27.1 Å². The van der Waals surface area contributed by atoms with Gasteiger partial charge >= 0.3 is 0 Å². The van der Waals surface area contributed by atoms with Gasteiger partial charge in [-0.15, -0.1) is 0 Å². The van der Waals surface area contributed by atoms with E-state index in [9.17, 15) is 4.79 Å². The van der Waals surface area contributed by atoms with E-state index < -0.39 is 0 Å². The molecule has 5 nitrogen and oxygen atoms in total. The molecule has 0 fully saturated rings. The van der Waals surface area contributed by atoms with Gasteiger partial charge in [0.2, 0.25) is 5.91 Å². The van der Waals surface area contributed by atoms with E-state index in [1.54, 1.807) is 0 Å². The van der Waals surface area contributed by atoms with Crippen molar-refractivity contribution < 1.29 is 9.53 Å². The molecule has 6 heteroatoms. The second kappa shape index (κ2) is 7.91. The smallest absolute Gasteiger partial charge is 0.250 e. The highest BCUT2D eigenvalue weighted by Crippen LogP contribution is 2.26. The van der Waals surface area contributed by atoms with Crippen molar-refractivity contribution in [1.29, 1.82) is 0 Å². The summed E-state index contributed by atoms with van der Waals surface area (Å²) >= 11 is 1.50. The van der Waals surface area contributed by atoms with Gasteiger partial charge in [-0.2, -0.15) is 0 Å². The maximum Gasteiger partial charge on any atom is 0.250 e. The molecule has 1 N–H and O–H groups in total. The number of benzene rings is 1. The number of amides is 1. The maximum absolute atomic E-state index is 11.6. The van der Waals surface area contributed by atoms with Crippen molar-refractivity contribution in [1.82, 2.24) is 9.97 Å². The van der Waals surface area contributed by atoms with Crippen LogP contribution < -0.4 is 5.32 Å². The highest BCUT2D eigenvalue weighted by Gasteiger charge is 2.05. The molecule has 1 heterocycles. The van der Waals surface area contributed by atoms with Gasteiger partial charge in [0, 0.05) is 28.6 Å². The van der Waals surface area contributed by atoms with Crippen LogP contribution in [0.5, 0.6) is 0 Å². The predicted octanol–water partition coefficient (Wildman–Crippen LogP) is 3.22. The summed E-state index contributed by atoms with van der Waals surface area (Å²) in [5, 5.41) is 3.51. The molecule has 0 aliphatic rings. The summed E-state index contributed by atoms with van der Waals surface area (Å²) in [6.45, 7) is 6.36. The normalized spacial score (nSPS) is 10.5. The van der Waals surface area contributed by atoms with Crippen LogP contribution in [0.1, 0.15) is 18.3 Å². The molecule has 0 aliphatic carbocycles. The Labute approximate surface area is 134 Å². The molecule has 2 aromatic rings. The largest absolute Gasteiger partial charge is 0.372 e. The second-order valence-electron chi connectivity index (χ2n) is 4.75. The molecule has 0 saturated heterocycles. The average molecular weight is 317 g/mol. The SMILES string of the molecule is CCOCC(=O)Nc1ccc(Sc2nc(C)cc(C)n2)cc1. The fourth-order valence-corrected chi connectivity index (χ4v) is 2.71. The Balaban J connectivity index is 1.98. The lowest BCUT2D eigenvalue weighted by atomic mass is 10.3. The first-order chi connectivity index (χ1) is 10.6. The summed E-state index contributed by atoms with van der Waals surface area (Å²) in [5.41, 5.74) is 2.65. The van der Waals surface area contributed by atoms with Gasteiger partial charge in [0.05, 0.1) is 0 Å². The van der Waals surface area contributed by atoms with Gasteiger partial charge in [-0.05, 0) is 62.9 Å². The number of carbonyl (C=O) groups is 1. The van der Waals surface area contributed by atoms with Crippen LogP contribution in [-0.2, 0) is 9.53 Å². The van der Waals surface area contributed by atoms with Crippen LogP contribution >= 0.6 is 11.8 Å². The number of hydrogen-bond donors (Lipinski definition) is 1. The van der Waals surface area contributed by atoms with Gasteiger partial charge in [-0.1, -0.05) is 0 Å². The van der Waals surface area contributed by atoms with Gasteiger partial charge in [0.15, 0.2) is 5.16 Å². The Kier molecular flexibility index (Phi) is 5.91. The number of nitrogens with one attached hydrogen (secondary N) is 1. The average Bonchev–Trinajstić information content (AvgIpc) is 2.46. The minimum Gasteiger partial charge on any atom is -0.372 e. The maximum atomic E-state index is 11.6. The van der Waals surface area contributed by atoms with E-state index in [4.69, 9.17) is 4.74 Å². The summed E-state index contributed by atoms with van der Waals surface area (Å²) in [5.74, 6) is -0.153. The summed E-state index contributed by atoms with van der Waals surface area (Å²) in [6, 6.07) is 9.52. The van der Waals surface area contributed by atoms with Gasteiger partial charge in [0.1, 0.15) is 6.61 Å². The molecule has 0 bridgehead atoms. The molecular formula is C16H19N3O2S. The molecule has 0 saturated carbocycles. The van der Waals surface area contributed by atoms with Crippen LogP contribution in [0.15, 0.2) is 40.4 Å². The summed E-state index contributed by atoms with van der Waals surface area (Å²) in [7, 11) is 0. The Bertz CT molecular complexity index is 624. The molecule has 1 aromatic heterocycles. The van der Waals surface area contributed by atoms with E-state index in [1.807, 2.05) is 51.1 Å². The molecule has 0 atom stereocenters. The van der Waals surface area contributed by atoms with Crippen LogP contribution in [0.2, 0.25) is 0 Å². The number of aromatic nitrogens is 2. The highest BCUT2D eigenvalue weighted by atomic mass is 32.2. The van der Waals surface area contributed by atoms with Crippen LogP contribution in [-0.4, -0.2) is 29.1 Å². The first-order valence-corrected chi connectivity index (χ1v) is 7.86. The molecule has 1 amide bonds. The molecule has 116 valence electrons. The summed E-state index contributed by atoms with van der Waals surface area (Å²) in [6.07, 6.45) is 0. The number of ether oxygens (including phenoxy) is 1. The lowest BCUT2D eigenvalue weighted by Gasteiger charge is -2.07. The molecular weight excluding hydrogens is 298 g/mol. The molecule has 0 radical (unpaired) electrons. The third-order valence-electron chi connectivity index (χ3n) is 2.75. The standard InChI is InChI=1S/C16H19N3O2S/c1-4-21-10-15(20)19-13-5-7-14(8-6-13)22-16-17-11(2)9-12(3)18-16/h5-9H,4,10H2,1-3H3,(H,19,20). The number of nitrogens with zero attached hydrogens (tertiary/aromatic N) is 2. The predicted molar refractivity (Wildman–Crippen MR) is 87.2 cm³/mol. The number of rotatable bonds is 6. The zero-order valence-corrected chi connectivity index (χ0v) is 13.7. The molecule has 22 heavy (non-hydrogen) atoms. The van der Waals surface area contributed by atoms with E-state index in [2.05, 4.69) is 15.3 Å². The van der Waals surface area contributed by atoms with Gasteiger partial charge in [0.25, 0.3) is 0 Å². The Morgan fingerprint density at radius 3 is 2.41 bits per heavy atom. The zero-order chi connectivity index (χ0) is 15.9. The van der Waals surface area contributed by atoms with E-state index in [1.165, 1.54) is 11.8 Å². The highest BCUT2D eigenvalue weighted by molar-refractivity contribution is 7.99. The van der Waals surface area contributed by atoms with Crippen molar-refractivity contribution in [2.24, 2.45) is 0 Å². The summed E-state index contributed by atoms with van der Waals surface area (Å²) in [4.78, 5) is 21.4. The Hall–Kier alpha value is -1.92. The van der Waals surface area contributed by atoms with E-state index in [-0.39, 0.29) is 12.5 Å². The lowest BCUT2D eigenvalue weighted by molar-refractivity contribution is -0.120. The van der Waals surface area contributed by atoms with E-state index >= 15 is 0 Å². The third kappa shape index (κ3) is 5.13.